The quantitative estimate of drug-likeness (QED) is 0.942. The van der Waals surface area contributed by atoms with E-state index >= 15 is 0 Å². The molecule has 0 spiro atoms. The van der Waals surface area contributed by atoms with E-state index in [0.717, 1.165) is 12.1 Å². The van der Waals surface area contributed by atoms with Gasteiger partial charge in [0.2, 0.25) is 0 Å². The van der Waals surface area contributed by atoms with Gasteiger partial charge in [0.05, 0.1) is 5.51 Å². The minimum absolute atomic E-state index is 0.194. The van der Waals surface area contributed by atoms with Crippen molar-refractivity contribution in [2.45, 2.75) is 6.36 Å². The molecule has 1 N–H and O–H groups in total. The second-order valence-electron chi connectivity index (χ2n) is 3.40. The van der Waals surface area contributed by atoms with Crippen LogP contribution in [0, 0.1) is 0 Å². The van der Waals surface area contributed by atoms with E-state index in [-0.39, 0.29) is 11.4 Å². The third-order valence-corrected chi connectivity index (χ3v) is 2.58. The molecule has 1 aromatic carbocycles. The van der Waals surface area contributed by atoms with Crippen molar-refractivity contribution in [2.75, 3.05) is 5.32 Å². The molecular formula is C11H7F3N2O2S. The van der Waals surface area contributed by atoms with Gasteiger partial charge in [0.15, 0.2) is 0 Å². The fraction of sp³-hybridized carbons (Fsp3) is 0.0909. The van der Waals surface area contributed by atoms with Crippen molar-refractivity contribution in [1.29, 1.82) is 0 Å². The van der Waals surface area contributed by atoms with Gasteiger partial charge in [0, 0.05) is 17.1 Å². The molecule has 0 fully saturated rings. The summed E-state index contributed by atoms with van der Waals surface area (Å²) >= 11 is 1.24. The zero-order chi connectivity index (χ0) is 13.9. The average molecular weight is 288 g/mol. The maximum absolute atomic E-state index is 12.0. The highest BCUT2D eigenvalue weighted by Gasteiger charge is 2.31. The molecule has 8 heteroatoms. The van der Waals surface area contributed by atoms with Gasteiger partial charge < -0.3 is 10.1 Å². The Morgan fingerprint density at radius 1 is 1.37 bits per heavy atom. The van der Waals surface area contributed by atoms with Gasteiger partial charge in [-0.1, -0.05) is 6.07 Å². The lowest BCUT2D eigenvalue weighted by atomic mass is 10.3. The minimum atomic E-state index is -4.77. The third-order valence-electron chi connectivity index (χ3n) is 1.99. The number of ether oxygens (including phenoxy) is 1. The lowest BCUT2D eigenvalue weighted by molar-refractivity contribution is -0.274. The molecule has 0 aliphatic rings. The van der Waals surface area contributed by atoms with Crippen molar-refractivity contribution < 1.29 is 22.7 Å². The van der Waals surface area contributed by atoms with Gasteiger partial charge in [-0.05, 0) is 12.1 Å². The normalized spacial score (nSPS) is 11.1. The van der Waals surface area contributed by atoms with Crippen LogP contribution in [0.1, 0.15) is 10.5 Å². The first-order valence-electron chi connectivity index (χ1n) is 4.99. The van der Waals surface area contributed by atoms with Crippen LogP contribution in [0.15, 0.2) is 35.2 Å². The zero-order valence-corrected chi connectivity index (χ0v) is 10.1. The van der Waals surface area contributed by atoms with Crippen LogP contribution in [0.4, 0.5) is 18.9 Å². The Kier molecular flexibility index (Phi) is 3.70. The molecule has 0 saturated carbocycles. The summed E-state index contributed by atoms with van der Waals surface area (Å²) in [6.07, 6.45) is -4.77. The van der Waals surface area contributed by atoms with Crippen LogP contribution < -0.4 is 10.1 Å². The molecule has 1 heterocycles. The number of halogens is 3. The zero-order valence-electron chi connectivity index (χ0n) is 9.27. The van der Waals surface area contributed by atoms with Crippen LogP contribution in [0.25, 0.3) is 0 Å². The SMILES string of the molecule is O=C(Nc1cccc(OC(F)(F)F)c1)c1cscn1. The number of anilines is 1. The molecular weight excluding hydrogens is 281 g/mol. The van der Waals surface area contributed by atoms with Crippen molar-refractivity contribution in [1.82, 2.24) is 4.98 Å². The Bertz CT molecular complexity index is 570. The Balaban J connectivity index is 2.09. The first-order valence-corrected chi connectivity index (χ1v) is 5.94. The summed E-state index contributed by atoms with van der Waals surface area (Å²) < 4.78 is 39.9. The number of hydrogen-bond donors (Lipinski definition) is 1. The molecule has 0 atom stereocenters. The number of rotatable bonds is 3. The average Bonchev–Trinajstić information content (AvgIpc) is 2.80. The van der Waals surface area contributed by atoms with Gasteiger partial charge in [-0.2, -0.15) is 0 Å². The number of alkyl halides is 3. The molecule has 0 aliphatic heterocycles. The smallest absolute Gasteiger partial charge is 0.406 e. The third kappa shape index (κ3) is 3.95. The molecule has 1 aromatic heterocycles. The summed E-state index contributed by atoms with van der Waals surface area (Å²) in [7, 11) is 0. The van der Waals surface area contributed by atoms with E-state index < -0.39 is 18.0 Å². The highest BCUT2D eigenvalue weighted by Crippen LogP contribution is 2.25. The molecule has 0 bridgehead atoms. The Labute approximate surface area is 109 Å². The first-order chi connectivity index (χ1) is 8.94. The van der Waals surface area contributed by atoms with E-state index in [4.69, 9.17) is 0 Å². The summed E-state index contributed by atoms with van der Waals surface area (Å²) in [5.74, 6) is -0.894. The van der Waals surface area contributed by atoms with Crippen LogP contribution in [0.3, 0.4) is 0 Å². The number of thiazole rings is 1. The number of nitrogens with zero attached hydrogens (tertiary/aromatic N) is 1. The monoisotopic (exact) mass is 288 g/mol. The molecule has 2 aromatic rings. The van der Waals surface area contributed by atoms with Crippen LogP contribution in [0.2, 0.25) is 0 Å². The first kappa shape index (κ1) is 13.3. The van der Waals surface area contributed by atoms with Crippen molar-refractivity contribution in [3.05, 3.63) is 40.8 Å². The molecule has 19 heavy (non-hydrogen) atoms. The van der Waals surface area contributed by atoms with E-state index in [9.17, 15) is 18.0 Å². The molecule has 100 valence electrons. The minimum Gasteiger partial charge on any atom is -0.406 e. The van der Waals surface area contributed by atoms with Crippen LogP contribution in [-0.4, -0.2) is 17.3 Å². The summed E-state index contributed by atoms with van der Waals surface area (Å²) in [4.78, 5) is 15.4. The predicted molar refractivity (Wildman–Crippen MR) is 63.2 cm³/mol. The van der Waals surface area contributed by atoms with Crippen molar-refractivity contribution in [3.63, 3.8) is 0 Å². The summed E-state index contributed by atoms with van der Waals surface area (Å²) in [6.45, 7) is 0. The van der Waals surface area contributed by atoms with Gasteiger partial charge >= 0.3 is 6.36 Å². The van der Waals surface area contributed by atoms with E-state index in [1.165, 1.54) is 34.4 Å². The topological polar surface area (TPSA) is 51.2 Å². The van der Waals surface area contributed by atoms with Crippen molar-refractivity contribution in [2.24, 2.45) is 0 Å². The molecule has 2 rings (SSSR count). The summed E-state index contributed by atoms with van der Waals surface area (Å²) in [6, 6.07) is 5.02. The Morgan fingerprint density at radius 2 is 2.16 bits per heavy atom. The van der Waals surface area contributed by atoms with E-state index in [1.807, 2.05) is 0 Å². The largest absolute Gasteiger partial charge is 0.573 e. The number of nitrogens with one attached hydrogen (secondary N) is 1. The fourth-order valence-corrected chi connectivity index (χ4v) is 1.82. The maximum Gasteiger partial charge on any atom is 0.573 e. The lowest BCUT2D eigenvalue weighted by Gasteiger charge is -2.10. The van der Waals surface area contributed by atoms with E-state index in [1.54, 1.807) is 0 Å². The highest BCUT2D eigenvalue weighted by molar-refractivity contribution is 7.07. The highest BCUT2D eigenvalue weighted by atomic mass is 32.1. The number of amides is 1. The Morgan fingerprint density at radius 3 is 2.79 bits per heavy atom. The maximum atomic E-state index is 12.0. The molecule has 0 unspecified atom stereocenters. The second-order valence-corrected chi connectivity index (χ2v) is 4.12. The predicted octanol–water partition coefficient (Wildman–Crippen LogP) is 3.29. The molecule has 0 radical (unpaired) electrons. The van der Waals surface area contributed by atoms with Crippen LogP contribution >= 0.6 is 11.3 Å². The van der Waals surface area contributed by atoms with Crippen molar-refractivity contribution in [3.8, 4) is 5.75 Å². The molecule has 0 saturated heterocycles. The van der Waals surface area contributed by atoms with Gasteiger partial charge in [0.1, 0.15) is 11.4 Å². The number of aromatic nitrogens is 1. The standard InChI is InChI=1S/C11H7F3N2O2S/c12-11(13,14)18-8-3-1-2-7(4-8)16-10(17)9-5-19-6-15-9/h1-6H,(H,16,17). The summed E-state index contributed by atoms with van der Waals surface area (Å²) in [5.41, 5.74) is 1.88. The number of carbonyl (C=O) groups is 1. The molecule has 1 amide bonds. The molecule has 4 nitrogen and oxygen atoms in total. The van der Waals surface area contributed by atoms with Gasteiger partial charge in [-0.15, -0.1) is 24.5 Å². The Hall–Kier alpha value is -2.09. The number of benzene rings is 1. The van der Waals surface area contributed by atoms with E-state index in [2.05, 4.69) is 15.0 Å². The lowest BCUT2D eigenvalue weighted by Crippen LogP contribution is -2.17. The second kappa shape index (κ2) is 5.27. The van der Waals surface area contributed by atoms with Crippen LogP contribution in [0.5, 0.6) is 5.75 Å². The van der Waals surface area contributed by atoms with Crippen molar-refractivity contribution >= 4 is 22.9 Å². The van der Waals surface area contributed by atoms with Gasteiger partial charge in [0.25, 0.3) is 5.91 Å². The number of hydrogen-bond acceptors (Lipinski definition) is 4. The van der Waals surface area contributed by atoms with Crippen LogP contribution in [-0.2, 0) is 0 Å². The fourth-order valence-electron chi connectivity index (χ4n) is 1.29. The van der Waals surface area contributed by atoms with Gasteiger partial charge in [-0.25, -0.2) is 4.98 Å². The number of carbonyl (C=O) groups excluding carboxylic acids is 1. The van der Waals surface area contributed by atoms with Gasteiger partial charge in [-0.3, -0.25) is 4.79 Å². The molecule has 0 aliphatic carbocycles. The van der Waals surface area contributed by atoms with E-state index in [0.29, 0.717) is 0 Å². The summed E-state index contributed by atoms with van der Waals surface area (Å²) in [5, 5.41) is 3.96.